The molecule has 0 aromatic heterocycles. The SMILES string of the molecule is COc1ccccc1Nc1ccc2ccccc2c1. The number of anilines is 2. The minimum absolute atomic E-state index is 0.843. The van der Waals surface area contributed by atoms with Crippen molar-refractivity contribution in [2.24, 2.45) is 0 Å². The minimum atomic E-state index is 0.843. The summed E-state index contributed by atoms with van der Waals surface area (Å²) in [5.74, 6) is 0.843. The van der Waals surface area contributed by atoms with Crippen LogP contribution in [0.15, 0.2) is 66.7 Å². The molecule has 3 aromatic rings. The summed E-state index contributed by atoms with van der Waals surface area (Å²) in [6, 6.07) is 22.6. The molecule has 2 nitrogen and oxygen atoms in total. The lowest BCUT2D eigenvalue weighted by Gasteiger charge is -2.11. The summed E-state index contributed by atoms with van der Waals surface area (Å²) in [6.45, 7) is 0. The van der Waals surface area contributed by atoms with E-state index in [0.29, 0.717) is 0 Å². The van der Waals surface area contributed by atoms with Crippen LogP contribution in [-0.2, 0) is 0 Å². The van der Waals surface area contributed by atoms with Gasteiger partial charge in [-0.2, -0.15) is 0 Å². The van der Waals surface area contributed by atoms with Crippen LogP contribution >= 0.6 is 0 Å². The molecule has 19 heavy (non-hydrogen) atoms. The zero-order valence-corrected chi connectivity index (χ0v) is 10.8. The second-order valence-corrected chi connectivity index (χ2v) is 4.39. The zero-order chi connectivity index (χ0) is 13.1. The Hall–Kier alpha value is -2.48. The number of ether oxygens (including phenoxy) is 1. The van der Waals surface area contributed by atoms with E-state index in [1.807, 2.05) is 24.3 Å². The molecule has 0 aliphatic heterocycles. The van der Waals surface area contributed by atoms with E-state index in [-0.39, 0.29) is 0 Å². The first kappa shape index (κ1) is 11.6. The topological polar surface area (TPSA) is 21.3 Å². The molecule has 0 spiro atoms. The van der Waals surface area contributed by atoms with Crippen molar-refractivity contribution >= 4 is 22.1 Å². The molecule has 0 radical (unpaired) electrons. The maximum absolute atomic E-state index is 5.34. The molecular weight excluding hydrogens is 234 g/mol. The van der Waals surface area contributed by atoms with Crippen LogP contribution in [0.3, 0.4) is 0 Å². The molecule has 0 bridgehead atoms. The molecule has 1 N–H and O–H groups in total. The van der Waals surface area contributed by atoms with E-state index >= 15 is 0 Å². The van der Waals surface area contributed by atoms with Crippen molar-refractivity contribution in [3.63, 3.8) is 0 Å². The van der Waals surface area contributed by atoms with Gasteiger partial charge in [-0.05, 0) is 35.0 Å². The average Bonchev–Trinajstić information content (AvgIpc) is 2.48. The third-order valence-electron chi connectivity index (χ3n) is 3.14. The average molecular weight is 249 g/mol. The van der Waals surface area contributed by atoms with E-state index in [4.69, 9.17) is 4.74 Å². The molecule has 2 heteroatoms. The first-order valence-corrected chi connectivity index (χ1v) is 6.26. The lowest BCUT2D eigenvalue weighted by molar-refractivity contribution is 0.417. The first-order chi connectivity index (χ1) is 9.36. The number of para-hydroxylation sites is 2. The highest BCUT2D eigenvalue weighted by molar-refractivity contribution is 5.86. The van der Waals surface area contributed by atoms with Gasteiger partial charge in [0.25, 0.3) is 0 Å². The van der Waals surface area contributed by atoms with Crippen LogP contribution < -0.4 is 10.1 Å². The molecule has 0 fully saturated rings. The predicted octanol–water partition coefficient (Wildman–Crippen LogP) is 4.59. The van der Waals surface area contributed by atoms with Crippen LogP contribution in [0.5, 0.6) is 5.75 Å². The number of methoxy groups -OCH3 is 1. The molecule has 94 valence electrons. The van der Waals surface area contributed by atoms with Gasteiger partial charge in [0, 0.05) is 5.69 Å². The lowest BCUT2D eigenvalue weighted by Crippen LogP contribution is -1.94. The van der Waals surface area contributed by atoms with Gasteiger partial charge in [-0.15, -0.1) is 0 Å². The third-order valence-corrected chi connectivity index (χ3v) is 3.14. The van der Waals surface area contributed by atoms with Crippen LogP contribution in [0.2, 0.25) is 0 Å². The smallest absolute Gasteiger partial charge is 0.142 e. The Morgan fingerprint density at radius 1 is 0.789 bits per heavy atom. The van der Waals surface area contributed by atoms with Gasteiger partial charge < -0.3 is 10.1 Å². The van der Waals surface area contributed by atoms with Crippen molar-refractivity contribution in [1.29, 1.82) is 0 Å². The molecule has 0 aliphatic rings. The Labute approximate surface area is 112 Å². The maximum Gasteiger partial charge on any atom is 0.142 e. The summed E-state index contributed by atoms with van der Waals surface area (Å²) < 4.78 is 5.34. The van der Waals surface area contributed by atoms with E-state index in [1.165, 1.54) is 10.8 Å². The van der Waals surface area contributed by atoms with Crippen LogP contribution in [0.25, 0.3) is 10.8 Å². The standard InChI is InChI=1S/C17H15NO/c1-19-17-9-5-4-8-16(17)18-15-11-10-13-6-2-3-7-14(13)12-15/h2-12,18H,1H3. The van der Waals surface area contributed by atoms with Crippen molar-refractivity contribution in [2.75, 3.05) is 12.4 Å². The Morgan fingerprint density at radius 2 is 1.53 bits per heavy atom. The summed E-state index contributed by atoms with van der Waals surface area (Å²) in [5.41, 5.74) is 2.03. The second kappa shape index (κ2) is 5.02. The Balaban J connectivity index is 1.96. The highest BCUT2D eigenvalue weighted by atomic mass is 16.5. The van der Waals surface area contributed by atoms with Gasteiger partial charge in [-0.25, -0.2) is 0 Å². The number of fused-ring (bicyclic) bond motifs is 1. The van der Waals surface area contributed by atoms with E-state index < -0.39 is 0 Å². The molecule has 3 aromatic carbocycles. The third kappa shape index (κ3) is 2.38. The van der Waals surface area contributed by atoms with Gasteiger partial charge in [0.1, 0.15) is 5.75 Å². The summed E-state index contributed by atoms with van der Waals surface area (Å²) >= 11 is 0. The summed E-state index contributed by atoms with van der Waals surface area (Å²) in [5, 5.41) is 5.86. The molecule has 0 saturated heterocycles. The lowest BCUT2D eigenvalue weighted by atomic mass is 10.1. The Morgan fingerprint density at radius 3 is 2.37 bits per heavy atom. The van der Waals surface area contributed by atoms with E-state index in [9.17, 15) is 0 Å². The fourth-order valence-corrected chi connectivity index (χ4v) is 2.17. The van der Waals surface area contributed by atoms with Crippen LogP contribution in [-0.4, -0.2) is 7.11 Å². The van der Waals surface area contributed by atoms with Crippen molar-refractivity contribution < 1.29 is 4.74 Å². The van der Waals surface area contributed by atoms with Gasteiger partial charge in [-0.1, -0.05) is 42.5 Å². The quantitative estimate of drug-likeness (QED) is 0.733. The number of nitrogens with one attached hydrogen (secondary N) is 1. The van der Waals surface area contributed by atoms with Gasteiger partial charge in [0.15, 0.2) is 0 Å². The zero-order valence-electron chi connectivity index (χ0n) is 10.8. The van der Waals surface area contributed by atoms with Gasteiger partial charge in [0.05, 0.1) is 12.8 Å². The highest BCUT2D eigenvalue weighted by Gasteiger charge is 2.02. The molecule has 0 saturated carbocycles. The minimum Gasteiger partial charge on any atom is -0.495 e. The Bertz CT molecular complexity index is 706. The number of hydrogen-bond acceptors (Lipinski definition) is 2. The molecular formula is C17H15NO. The maximum atomic E-state index is 5.34. The monoisotopic (exact) mass is 249 g/mol. The summed E-state index contributed by atoms with van der Waals surface area (Å²) in [6.07, 6.45) is 0. The van der Waals surface area contributed by atoms with Gasteiger partial charge in [-0.3, -0.25) is 0 Å². The second-order valence-electron chi connectivity index (χ2n) is 4.39. The van der Waals surface area contributed by atoms with Crippen LogP contribution in [0.1, 0.15) is 0 Å². The van der Waals surface area contributed by atoms with Crippen molar-refractivity contribution in [1.82, 2.24) is 0 Å². The van der Waals surface area contributed by atoms with Crippen LogP contribution in [0.4, 0.5) is 11.4 Å². The van der Waals surface area contributed by atoms with E-state index in [1.54, 1.807) is 7.11 Å². The van der Waals surface area contributed by atoms with Crippen molar-refractivity contribution in [3.05, 3.63) is 66.7 Å². The normalized spacial score (nSPS) is 10.4. The number of rotatable bonds is 3. The molecule has 0 atom stereocenters. The Kier molecular flexibility index (Phi) is 3.07. The van der Waals surface area contributed by atoms with Crippen molar-refractivity contribution in [3.8, 4) is 5.75 Å². The molecule has 0 aliphatic carbocycles. The summed E-state index contributed by atoms with van der Waals surface area (Å²) in [7, 11) is 1.68. The fraction of sp³-hybridized carbons (Fsp3) is 0.0588. The molecule has 0 heterocycles. The largest absolute Gasteiger partial charge is 0.495 e. The first-order valence-electron chi connectivity index (χ1n) is 6.26. The van der Waals surface area contributed by atoms with Gasteiger partial charge >= 0.3 is 0 Å². The van der Waals surface area contributed by atoms with Gasteiger partial charge in [0.2, 0.25) is 0 Å². The molecule has 0 unspecified atom stereocenters. The fourth-order valence-electron chi connectivity index (χ4n) is 2.17. The van der Waals surface area contributed by atoms with Crippen molar-refractivity contribution in [2.45, 2.75) is 0 Å². The molecule has 3 rings (SSSR count). The van der Waals surface area contributed by atoms with Crippen LogP contribution in [0, 0.1) is 0 Å². The summed E-state index contributed by atoms with van der Waals surface area (Å²) in [4.78, 5) is 0. The number of hydrogen-bond donors (Lipinski definition) is 1. The van der Waals surface area contributed by atoms with E-state index in [2.05, 4.69) is 47.8 Å². The predicted molar refractivity (Wildman–Crippen MR) is 80.2 cm³/mol. The highest BCUT2D eigenvalue weighted by Crippen LogP contribution is 2.28. The molecule has 0 amide bonds. The number of benzene rings is 3. The van der Waals surface area contributed by atoms with E-state index in [0.717, 1.165) is 17.1 Å².